The monoisotopic (exact) mass is 242 g/mol. The lowest BCUT2D eigenvalue weighted by atomic mass is 10.1. The minimum Gasteiger partial charge on any atom is -0.312 e. The van der Waals surface area contributed by atoms with Crippen LogP contribution in [0.15, 0.2) is 36.7 Å². The average Bonchev–Trinajstić information content (AvgIpc) is 3.01. The molecule has 3 heterocycles. The molecule has 1 N–H and O–H groups in total. The number of nitrogens with zero attached hydrogens (tertiary/aromatic N) is 3. The highest BCUT2D eigenvalue weighted by molar-refractivity contribution is 5.52. The SMILES string of the molecule is C[C@@H]1CNC(Cn2ccc(-c3ccccn3)n2)C1. The quantitative estimate of drug-likeness (QED) is 0.894. The molecule has 1 fully saturated rings. The zero-order chi connectivity index (χ0) is 12.4. The highest BCUT2D eigenvalue weighted by Crippen LogP contribution is 2.16. The zero-order valence-corrected chi connectivity index (χ0v) is 10.6. The van der Waals surface area contributed by atoms with Crippen molar-refractivity contribution in [2.24, 2.45) is 5.92 Å². The Morgan fingerprint density at radius 3 is 3.00 bits per heavy atom. The molecule has 0 aliphatic carbocycles. The summed E-state index contributed by atoms with van der Waals surface area (Å²) < 4.78 is 2.01. The van der Waals surface area contributed by atoms with Gasteiger partial charge in [0.2, 0.25) is 0 Å². The van der Waals surface area contributed by atoms with Crippen molar-refractivity contribution in [3.63, 3.8) is 0 Å². The largest absolute Gasteiger partial charge is 0.312 e. The molecule has 2 atom stereocenters. The van der Waals surface area contributed by atoms with Crippen molar-refractivity contribution in [1.29, 1.82) is 0 Å². The minimum atomic E-state index is 0.552. The molecule has 1 saturated heterocycles. The van der Waals surface area contributed by atoms with E-state index < -0.39 is 0 Å². The molecule has 0 bridgehead atoms. The molecule has 0 amide bonds. The lowest BCUT2D eigenvalue weighted by molar-refractivity contribution is 0.469. The molecule has 2 aromatic heterocycles. The number of nitrogens with one attached hydrogen (secondary N) is 1. The first kappa shape index (κ1) is 11.4. The van der Waals surface area contributed by atoms with Crippen LogP contribution < -0.4 is 5.32 Å². The van der Waals surface area contributed by atoms with Gasteiger partial charge in [-0.1, -0.05) is 13.0 Å². The number of hydrogen-bond acceptors (Lipinski definition) is 3. The van der Waals surface area contributed by atoms with E-state index in [2.05, 4.69) is 22.3 Å². The van der Waals surface area contributed by atoms with Crippen molar-refractivity contribution in [3.8, 4) is 11.4 Å². The highest BCUT2D eigenvalue weighted by atomic mass is 15.3. The van der Waals surface area contributed by atoms with Crippen LogP contribution >= 0.6 is 0 Å². The highest BCUT2D eigenvalue weighted by Gasteiger charge is 2.20. The van der Waals surface area contributed by atoms with E-state index >= 15 is 0 Å². The first-order valence-corrected chi connectivity index (χ1v) is 6.49. The lowest BCUT2D eigenvalue weighted by Crippen LogP contribution is -2.26. The average molecular weight is 242 g/mol. The summed E-state index contributed by atoms with van der Waals surface area (Å²) in [6.07, 6.45) is 5.07. The van der Waals surface area contributed by atoms with Gasteiger partial charge in [0.25, 0.3) is 0 Å². The predicted octanol–water partition coefficient (Wildman–Crippen LogP) is 1.94. The van der Waals surface area contributed by atoms with Crippen molar-refractivity contribution in [2.75, 3.05) is 6.54 Å². The van der Waals surface area contributed by atoms with Gasteiger partial charge in [-0.3, -0.25) is 9.67 Å². The van der Waals surface area contributed by atoms with E-state index in [-0.39, 0.29) is 0 Å². The van der Waals surface area contributed by atoms with E-state index in [9.17, 15) is 0 Å². The standard InChI is InChI=1S/C14H18N4/c1-11-8-12(16-9-11)10-18-7-5-14(17-18)13-4-2-3-6-15-13/h2-7,11-12,16H,8-10H2,1H3/t11-,12?/m0/s1. The third-order valence-corrected chi connectivity index (χ3v) is 3.42. The second-order valence-electron chi connectivity index (χ2n) is 5.08. The molecule has 3 rings (SSSR count). The van der Waals surface area contributed by atoms with E-state index in [1.54, 1.807) is 6.20 Å². The van der Waals surface area contributed by atoms with Crippen LogP contribution in [0, 0.1) is 5.92 Å². The molecule has 0 aromatic carbocycles. The Hall–Kier alpha value is -1.68. The molecule has 1 aliphatic heterocycles. The molecule has 4 heteroatoms. The summed E-state index contributed by atoms with van der Waals surface area (Å²) in [6.45, 7) is 4.35. The van der Waals surface area contributed by atoms with E-state index in [1.165, 1.54) is 6.42 Å². The Balaban J connectivity index is 1.70. The summed E-state index contributed by atoms with van der Waals surface area (Å²) in [5.74, 6) is 0.779. The molecule has 94 valence electrons. The third kappa shape index (κ3) is 2.43. The van der Waals surface area contributed by atoms with Crippen LogP contribution in [0.5, 0.6) is 0 Å². The fourth-order valence-electron chi connectivity index (χ4n) is 2.50. The van der Waals surface area contributed by atoms with Crippen molar-refractivity contribution in [2.45, 2.75) is 25.9 Å². The van der Waals surface area contributed by atoms with Gasteiger partial charge in [-0.05, 0) is 37.1 Å². The van der Waals surface area contributed by atoms with Crippen LogP contribution in [-0.2, 0) is 6.54 Å². The van der Waals surface area contributed by atoms with Gasteiger partial charge in [0, 0.05) is 18.4 Å². The summed E-state index contributed by atoms with van der Waals surface area (Å²) >= 11 is 0. The maximum Gasteiger partial charge on any atom is 0.111 e. The second-order valence-corrected chi connectivity index (χ2v) is 5.08. The number of aromatic nitrogens is 3. The Kier molecular flexibility index (Phi) is 3.11. The van der Waals surface area contributed by atoms with Crippen LogP contribution in [0.2, 0.25) is 0 Å². The third-order valence-electron chi connectivity index (χ3n) is 3.42. The van der Waals surface area contributed by atoms with Gasteiger partial charge < -0.3 is 5.32 Å². The van der Waals surface area contributed by atoms with Gasteiger partial charge in [0.05, 0.1) is 12.2 Å². The van der Waals surface area contributed by atoms with Gasteiger partial charge in [0.15, 0.2) is 0 Å². The summed E-state index contributed by atoms with van der Waals surface area (Å²) in [5, 5.41) is 8.11. The minimum absolute atomic E-state index is 0.552. The molecule has 0 radical (unpaired) electrons. The summed E-state index contributed by atoms with van der Waals surface area (Å²) in [6, 6.07) is 8.48. The lowest BCUT2D eigenvalue weighted by Gasteiger charge is -2.09. The summed E-state index contributed by atoms with van der Waals surface area (Å²) in [7, 11) is 0. The van der Waals surface area contributed by atoms with E-state index in [0.717, 1.165) is 30.4 Å². The second kappa shape index (κ2) is 4.90. The van der Waals surface area contributed by atoms with Gasteiger partial charge in [-0.2, -0.15) is 5.10 Å². The molecular weight excluding hydrogens is 224 g/mol. The number of hydrogen-bond donors (Lipinski definition) is 1. The first-order chi connectivity index (χ1) is 8.81. The maximum absolute atomic E-state index is 4.58. The van der Waals surface area contributed by atoms with Crippen molar-refractivity contribution < 1.29 is 0 Å². The molecule has 0 saturated carbocycles. The van der Waals surface area contributed by atoms with Gasteiger partial charge >= 0.3 is 0 Å². The Morgan fingerprint density at radius 2 is 2.28 bits per heavy atom. The Bertz CT molecular complexity index is 506. The van der Waals surface area contributed by atoms with Crippen molar-refractivity contribution in [1.82, 2.24) is 20.1 Å². The Morgan fingerprint density at radius 1 is 1.33 bits per heavy atom. The summed E-state index contributed by atoms with van der Waals surface area (Å²) in [5.41, 5.74) is 1.88. The predicted molar refractivity (Wildman–Crippen MR) is 71.0 cm³/mol. The van der Waals surface area contributed by atoms with E-state index in [4.69, 9.17) is 0 Å². The molecule has 4 nitrogen and oxygen atoms in total. The van der Waals surface area contributed by atoms with Crippen molar-refractivity contribution >= 4 is 0 Å². The van der Waals surface area contributed by atoms with E-state index in [0.29, 0.717) is 6.04 Å². The topological polar surface area (TPSA) is 42.7 Å². The molecule has 18 heavy (non-hydrogen) atoms. The van der Waals surface area contributed by atoms with Crippen LogP contribution in [0.4, 0.5) is 0 Å². The zero-order valence-electron chi connectivity index (χ0n) is 10.6. The van der Waals surface area contributed by atoms with Crippen LogP contribution in [0.3, 0.4) is 0 Å². The molecular formula is C14H18N4. The fraction of sp³-hybridized carbons (Fsp3) is 0.429. The first-order valence-electron chi connectivity index (χ1n) is 6.49. The van der Waals surface area contributed by atoms with Gasteiger partial charge in [0.1, 0.15) is 5.69 Å². The smallest absolute Gasteiger partial charge is 0.111 e. The summed E-state index contributed by atoms with van der Waals surface area (Å²) in [4.78, 5) is 4.31. The normalized spacial score (nSPS) is 23.4. The molecule has 2 aromatic rings. The van der Waals surface area contributed by atoms with Gasteiger partial charge in [-0.15, -0.1) is 0 Å². The van der Waals surface area contributed by atoms with Gasteiger partial charge in [-0.25, -0.2) is 0 Å². The van der Waals surface area contributed by atoms with Crippen molar-refractivity contribution in [3.05, 3.63) is 36.7 Å². The number of rotatable bonds is 3. The van der Waals surface area contributed by atoms with Crippen LogP contribution in [0.25, 0.3) is 11.4 Å². The van der Waals surface area contributed by atoms with Crippen LogP contribution in [0.1, 0.15) is 13.3 Å². The fourth-order valence-corrected chi connectivity index (χ4v) is 2.50. The molecule has 1 unspecified atom stereocenters. The van der Waals surface area contributed by atoms with Crippen LogP contribution in [-0.4, -0.2) is 27.4 Å². The maximum atomic E-state index is 4.58. The van der Waals surface area contributed by atoms with E-state index in [1.807, 2.05) is 35.1 Å². The molecule has 1 aliphatic rings. The number of pyridine rings is 1. The Labute approximate surface area is 107 Å². The molecule has 0 spiro atoms.